The lowest BCUT2D eigenvalue weighted by Gasteiger charge is -2.11. The first-order valence-corrected chi connectivity index (χ1v) is 19.4. The summed E-state index contributed by atoms with van der Waals surface area (Å²) in [5.41, 5.74) is 1.26. The Morgan fingerprint density at radius 3 is 1.60 bits per heavy atom. The molecule has 0 saturated carbocycles. The molecule has 0 amide bonds. The number of unbranched alkanes of at least 4 members (excludes halogenated alkanes) is 10. The number of hydrogen-bond acceptors (Lipinski definition) is 6. The van der Waals surface area contributed by atoms with Gasteiger partial charge in [0.2, 0.25) is 5.82 Å². The average molecular weight is 767 g/mol. The number of benzene rings is 4. The van der Waals surface area contributed by atoms with Gasteiger partial charge in [-0.2, -0.15) is 4.39 Å². The zero-order valence-corrected chi connectivity index (χ0v) is 32.5. The third kappa shape index (κ3) is 15.4. The fourth-order valence-corrected chi connectivity index (χ4v) is 5.65. The van der Waals surface area contributed by atoms with Crippen molar-refractivity contribution in [1.29, 1.82) is 0 Å². The first-order valence-electron chi connectivity index (χ1n) is 19.4. The second-order valence-corrected chi connectivity index (χ2v) is 13.2. The van der Waals surface area contributed by atoms with Gasteiger partial charge in [-0.25, -0.2) is 13.2 Å². The minimum absolute atomic E-state index is 0.0664. The van der Waals surface area contributed by atoms with Crippen LogP contribution in [0.1, 0.15) is 111 Å². The Hall–Kier alpha value is -4.86. The molecule has 55 heavy (non-hydrogen) atoms. The molecule has 0 aliphatic rings. The number of rotatable bonds is 21. The SMILES string of the molecule is CCCCCCCCOc1ccc(-c2ccc(OC(=O)CC)cc2)c(F)c1F.CCCCCCCCOc1ccc(-c2ccc(OC(C)=O)cc2F)cc1F. The Bertz CT molecular complexity index is 1780. The van der Waals surface area contributed by atoms with E-state index in [9.17, 15) is 27.2 Å². The fourth-order valence-electron chi connectivity index (χ4n) is 5.65. The standard InChI is InChI=1S/C23H28F2O3.C22H26F2O3/c1-3-5-6-7-8-9-16-27-20-15-14-19(22(24)23(20)25)17-10-12-18(13-11-17)28-21(26)4-2;1-3-4-5-6-7-8-13-26-22-12-9-17(14-21(22)24)19-11-10-18(15-20(19)23)27-16(2)25/h10-15H,3-9,16H2,1-2H3;9-12,14-15H,3-8,13H2,1-2H3. The second-order valence-electron chi connectivity index (χ2n) is 13.2. The van der Waals surface area contributed by atoms with Gasteiger partial charge in [-0.3, -0.25) is 9.59 Å². The van der Waals surface area contributed by atoms with Crippen LogP contribution in [0.15, 0.2) is 72.8 Å². The molecule has 298 valence electrons. The lowest BCUT2D eigenvalue weighted by atomic mass is 10.0. The summed E-state index contributed by atoms with van der Waals surface area (Å²) in [5, 5.41) is 0. The molecule has 10 heteroatoms. The van der Waals surface area contributed by atoms with Gasteiger partial charge in [-0.1, -0.05) is 103 Å². The normalized spacial score (nSPS) is 10.7. The van der Waals surface area contributed by atoms with Crippen molar-refractivity contribution in [3.05, 3.63) is 96.1 Å². The number of hydrogen-bond donors (Lipinski definition) is 0. The highest BCUT2D eigenvalue weighted by molar-refractivity contribution is 5.73. The van der Waals surface area contributed by atoms with E-state index in [-0.39, 0.29) is 40.8 Å². The predicted molar refractivity (Wildman–Crippen MR) is 209 cm³/mol. The molecular weight excluding hydrogens is 712 g/mol. The third-order valence-corrected chi connectivity index (χ3v) is 8.69. The number of carbonyl (C=O) groups is 2. The van der Waals surface area contributed by atoms with Gasteiger partial charge in [0.1, 0.15) is 17.3 Å². The van der Waals surface area contributed by atoms with Crippen molar-refractivity contribution in [2.45, 2.75) is 111 Å². The van der Waals surface area contributed by atoms with E-state index in [1.54, 1.807) is 37.3 Å². The summed E-state index contributed by atoms with van der Waals surface area (Å²) in [6.07, 6.45) is 13.7. The molecule has 0 heterocycles. The van der Waals surface area contributed by atoms with Crippen LogP contribution in [-0.2, 0) is 9.59 Å². The second kappa shape index (κ2) is 24.5. The zero-order chi connectivity index (χ0) is 40.0. The maximum atomic E-state index is 14.5. The molecule has 0 atom stereocenters. The van der Waals surface area contributed by atoms with Crippen LogP contribution < -0.4 is 18.9 Å². The predicted octanol–water partition coefficient (Wildman–Crippen LogP) is 13.0. The van der Waals surface area contributed by atoms with Crippen LogP contribution in [0.4, 0.5) is 17.6 Å². The maximum absolute atomic E-state index is 14.5. The van der Waals surface area contributed by atoms with E-state index < -0.39 is 29.2 Å². The van der Waals surface area contributed by atoms with E-state index in [1.165, 1.54) is 88.3 Å². The summed E-state index contributed by atoms with van der Waals surface area (Å²) in [6.45, 7) is 8.12. The summed E-state index contributed by atoms with van der Waals surface area (Å²) in [6, 6.07) is 17.7. The number of carbonyl (C=O) groups excluding carboxylic acids is 2. The van der Waals surface area contributed by atoms with Crippen LogP contribution in [0.2, 0.25) is 0 Å². The fraction of sp³-hybridized carbons (Fsp3) is 0.422. The Balaban J connectivity index is 0.000000296. The van der Waals surface area contributed by atoms with Gasteiger partial charge < -0.3 is 18.9 Å². The topological polar surface area (TPSA) is 71.1 Å². The maximum Gasteiger partial charge on any atom is 0.310 e. The molecule has 0 N–H and O–H groups in total. The first kappa shape index (κ1) is 44.5. The molecule has 0 radical (unpaired) electrons. The number of ether oxygens (including phenoxy) is 4. The minimum atomic E-state index is -0.982. The molecule has 0 bridgehead atoms. The zero-order valence-electron chi connectivity index (χ0n) is 32.5. The van der Waals surface area contributed by atoms with Crippen LogP contribution in [-0.4, -0.2) is 25.2 Å². The lowest BCUT2D eigenvalue weighted by Crippen LogP contribution is -2.05. The van der Waals surface area contributed by atoms with Crippen molar-refractivity contribution >= 4 is 11.9 Å². The smallest absolute Gasteiger partial charge is 0.310 e. The molecule has 0 unspecified atom stereocenters. The molecule has 4 aromatic carbocycles. The molecule has 0 aliphatic carbocycles. The van der Waals surface area contributed by atoms with Gasteiger partial charge in [0, 0.05) is 30.5 Å². The Morgan fingerprint density at radius 2 is 1.04 bits per heavy atom. The van der Waals surface area contributed by atoms with Gasteiger partial charge in [-0.15, -0.1) is 0 Å². The summed E-state index contributed by atoms with van der Waals surface area (Å²) in [4.78, 5) is 22.2. The van der Waals surface area contributed by atoms with Gasteiger partial charge in [0.05, 0.1) is 13.2 Å². The van der Waals surface area contributed by atoms with E-state index in [2.05, 4.69) is 13.8 Å². The quantitative estimate of drug-likeness (QED) is 0.0364. The lowest BCUT2D eigenvalue weighted by molar-refractivity contribution is -0.134. The van der Waals surface area contributed by atoms with E-state index in [1.807, 2.05) is 0 Å². The molecule has 6 nitrogen and oxygen atoms in total. The van der Waals surface area contributed by atoms with E-state index in [0.717, 1.165) is 38.2 Å². The molecule has 0 fully saturated rings. The van der Waals surface area contributed by atoms with Crippen molar-refractivity contribution < 1.29 is 46.1 Å². The van der Waals surface area contributed by atoms with Crippen LogP contribution in [0.25, 0.3) is 22.3 Å². The van der Waals surface area contributed by atoms with Crippen molar-refractivity contribution in [3.8, 4) is 45.3 Å². The monoisotopic (exact) mass is 766 g/mol. The van der Waals surface area contributed by atoms with Gasteiger partial charge in [-0.05, 0) is 72.5 Å². The van der Waals surface area contributed by atoms with Crippen molar-refractivity contribution in [1.82, 2.24) is 0 Å². The van der Waals surface area contributed by atoms with Crippen molar-refractivity contribution in [2.75, 3.05) is 13.2 Å². The van der Waals surface area contributed by atoms with Gasteiger partial charge >= 0.3 is 11.9 Å². The summed E-state index contributed by atoms with van der Waals surface area (Å²) >= 11 is 0. The molecular formula is C45H54F4O6. The van der Waals surface area contributed by atoms with E-state index in [4.69, 9.17) is 18.9 Å². The van der Waals surface area contributed by atoms with Crippen LogP contribution in [0.3, 0.4) is 0 Å². The van der Waals surface area contributed by atoms with E-state index >= 15 is 0 Å². The summed E-state index contributed by atoms with van der Waals surface area (Å²) in [5.74, 6) is -3.33. The molecule has 4 rings (SSSR count). The van der Waals surface area contributed by atoms with Crippen LogP contribution in [0.5, 0.6) is 23.0 Å². The van der Waals surface area contributed by atoms with Gasteiger partial charge in [0.25, 0.3) is 0 Å². The largest absolute Gasteiger partial charge is 0.491 e. The highest BCUT2D eigenvalue weighted by Gasteiger charge is 2.16. The molecule has 4 aromatic rings. The summed E-state index contributed by atoms with van der Waals surface area (Å²) < 4.78 is 78.2. The van der Waals surface area contributed by atoms with Crippen LogP contribution >= 0.6 is 0 Å². The van der Waals surface area contributed by atoms with E-state index in [0.29, 0.717) is 30.1 Å². The Morgan fingerprint density at radius 1 is 0.509 bits per heavy atom. The molecule has 0 spiro atoms. The Labute approximate surface area is 323 Å². The minimum Gasteiger partial charge on any atom is -0.491 e. The molecule has 0 aromatic heterocycles. The first-order chi connectivity index (χ1) is 26.6. The Kier molecular flexibility index (Phi) is 19.9. The summed E-state index contributed by atoms with van der Waals surface area (Å²) in [7, 11) is 0. The highest BCUT2D eigenvalue weighted by Crippen LogP contribution is 2.32. The number of esters is 2. The molecule has 0 aliphatic heterocycles. The van der Waals surface area contributed by atoms with Crippen molar-refractivity contribution in [2.24, 2.45) is 0 Å². The van der Waals surface area contributed by atoms with Gasteiger partial charge in [0.15, 0.2) is 23.1 Å². The molecule has 0 saturated heterocycles. The average Bonchev–Trinajstić information content (AvgIpc) is 3.16. The van der Waals surface area contributed by atoms with Crippen LogP contribution in [0, 0.1) is 23.3 Å². The highest BCUT2D eigenvalue weighted by atomic mass is 19.2. The third-order valence-electron chi connectivity index (χ3n) is 8.69. The van der Waals surface area contributed by atoms with Crippen molar-refractivity contribution in [3.63, 3.8) is 0 Å². The number of halogens is 4.